The summed E-state index contributed by atoms with van der Waals surface area (Å²) in [4.78, 5) is 9.42. The quantitative estimate of drug-likeness (QED) is 0.393. The number of benzene rings is 2. The summed E-state index contributed by atoms with van der Waals surface area (Å²) in [5, 5.41) is 19.0. The molecule has 164 valence electrons. The fourth-order valence-corrected chi connectivity index (χ4v) is 3.86. The molecule has 3 aromatic heterocycles. The summed E-state index contributed by atoms with van der Waals surface area (Å²) in [6.07, 6.45) is 4.25. The number of hydrogen-bond acceptors (Lipinski definition) is 6. The average molecular weight is 437 g/mol. The molecule has 0 atom stereocenters. The number of aromatic amines is 1. The first-order valence-corrected chi connectivity index (χ1v) is 11.0. The minimum absolute atomic E-state index is 0.598. The summed E-state index contributed by atoms with van der Waals surface area (Å²) in [6.45, 7) is 3.02. The number of aromatic nitrogens is 8. The van der Waals surface area contributed by atoms with Crippen molar-refractivity contribution >= 4 is 0 Å². The molecule has 0 spiro atoms. The van der Waals surface area contributed by atoms with Crippen LogP contribution in [0.3, 0.4) is 0 Å². The Hall–Kier alpha value is -4.20. The predicted molar refractivity (Wildman–Crippen MR) is 125 cm³/mol. The van der Waals surface area contributed by atoms with E-state index >= 15 is 0 Å². The molecule has 0 unspecified atom stereocenters. The van der Waals surface area contributed by atoms with Crippen molar-refractivity contribution in [3.8, 4) is 22.6 Å². The molecule has 0 saturated carbocycles. The van der Waals surface area contributed by atoms with E-state index in [9.17, 15) is 0 Å². The Morgan fingerprint density at radius 1 is 0.879 bits per heavy atom. The van der Waals surface area contributed by atoms with Gasteiger partial charge in [0.25, 0.3) is 0 Å². The van der Waals surface area contributed by atoms with Crippen LogP contribution < -0.4 is 0 Å². The minimum Gasteiger partial charge on any atom is -0.255 e. The van der Waals surface area contributed by atoms with Gasteiger partial charge in [-0.1, -0.05) is 61.5 Å². The smallest absolute Gasteiger partial charge is 0.181 e. The van der Waals surface area contributed by atoms with Gasteiger partial charge in [-0.3, -0.25) is 4.98 Å². The molecule has 3 heterocycles. The summed E-state index contributed by atoms with van der Waals surface area (Å²) in [7, 11) is 0. The van der Waals surface area contributed by atoms with Crippen LogP contribution >= 0.6 is 0 Å². The van der Waals surface area contributed by atoms with Gasteiger partial charge in [0, 0.05) is 36.7 Å². The SMILES string of the molecule is CCCn1nc(Cc2ccccc2)nc1Cc1ccc(-c2ncccc2-c2nnn[nH]2)cc1. The standard InChI is InChI=1S/C25H24N8/c1-2-15-33-23(27-22(30-33)16-18-7-4-3-5-8-18)17-19-10-12-20(13-11-19)24-21(9-6-14-26-24)25-28-31-32-29-25/h3-14H,2,15-17H2,1H3,(H,28,29,31,32). The summed E-state index contributed by atoms with van der Waals surface area (Å²) < 4.78 is 2.04. The maximum absolute atomic E-state index is 4.86. The number of pyridine rings is 1. The first-order valence-electron chi connectivity index (χ1n) is 11.0. The van der Waals surface area contributed by atoms with Gasteiger partial charge in [0.1, 0.15) is 5.82 Å². The number of H-pyrrole nitrogens is 1. The van der Waals surface area contributed by atoms with E-state index in [4.69, 9.17) is 10.1 Å². The van der Waals surface area contributed by atoms with Crippen LogP contribution in [0.2, 0.25) is 0 Å². The third kappa shape index (κ3) is 4.69. The zero-order valence-corrected chi connectivity index (χ0v) is 18.4. The molecule has 1 N–H and O–H groups in total. The maximum Gasteiger partial charge on any atom is 0.181 e. The van der Waals surface area contributed by atoms with Crippen molar-refractivity contribution in [1.82, 2.24) is 40.4 Å². The highest BCUT2D eigenvalue weighted by molar-refractivity contribution is 5.76. The summed E-state index contributed by atoms with van der Waals surface area (Å²) in [6, 6.07) is 22.6. The minimum atomic E-state index is 0.598. The Labute approximate surface area is 191 Å². The molecular weight excluding hydrogens is 412 g/mol. The zero-order chi connectivity index (χ0) is 22.5. The largest absolute Gasteiger partial charge is 0.255 e. The number of nitrogens with one attached hydrogen (secondary N) is 1. The van der Waals surface area contributed by atoms with E-state index in [1.165, 1.54) is 11.1 Å². The Balaban J connectivity index is 1.38. The number of hydrogen-bond donors (Lipinski definition) is 1. The van der Waals surface area contributed by atoms with Gasteiger partial charge in [0.2, 0.25) is 0 Å². The molecule has 0 aliphatic rings. The molecule has 0 aliphatic carbocycles. The highest BCUT2D eigenvalue weighted by Gasteiger charge is 2.13. The summed E-state index contributed by atoms with van der Waals surface area (Å²) in [5.74, 6) is 2.45. The van der Waals surface area contributed by atoms with E-state index in [2.05, 4.69) is 68.9 Å². The molecule has 8 heteroatoms. The highest BCUT2D eigenvalue weighted by Crippen LogP contribution is 2.27. The third-order valence-electron chi connectivity index (χ3n) is 5.43. The Bertz CT molecular complexity index is 1310. The van der Waals surface area contributed by atoms with Gasteiger partial charge in [-0.15, -0.1) is 5.10 Å². The second-order valence-corrected chi connectivity index (χ2v) is 7.85. The maximum atomic E-state index is 4.86. The lowest BCUT2D eigenvalue weighted by Gasteiger charge is -2.08. The van der Waals surface area contributed by atoms with Gasteiger partial charge in [0.15, 0.2) is 11.6 Å². The molecule has 0 saturated heterocycles. The van der Waals surface area contributed by atoms with Crippen molar-refractivity contribution in [3.05, 3.63) is 95.7 Å². The number of aryl methyl sites for hydroxylation is 1. The van der Waals surface area contributed by atoms with Crippen LogP contribution in [0.5, 0.6) is 0 Å². The molecule has 5 rings (SSSR count). The molecular formula is C25H24N8. The van der Waals surface area contributed by atoms with Crippen molar-refractivity contribution in [2.45, 2.75) is 32.7 Å². The van der Waals surface area contributed by atoms with Crippen molar-refractivity contribution < 1.29 is 0 Å². The van der Waals surface area contributed by atoms with Crippen LogP contribution in [-0.4, -0.2) is 40.4 Å². The molecule has 0 amide bonds. The van der Waals surface area contributed by atoms with Crippen molar-refractivity contribution in [2.75, 3.05) is 0 Å². The van der Waals surface area contributed by atoms with Crippen molar-refractivity contribution in [3.63, 3.8) is 0 Å². The average Bonchev–Trinajstić information content (AvgIpc) is 3.51. The lowest BCUT2D eigenvalue weighted by atomic mass is 10.0. The molecule has 0 radical (unpaired) electrons. The zero-order valence-electron chi connectivity index (χ0n) is 18.4. The van der Waals surface area contributed by atoms with E-state index in [0.29, 0.717) is 5.82 Å². The van der Waals surface area contributed by atoms with Gasteiger partial charge >= 0.3 is 0 Å². The second-order valence-electron chi connectivity index (χ2n) is 7.85. The topological polar surface area (TPSA) is 98.1 Å². The molecule has 5 aromatic rings. The van der Waals surface area contributed by atoms with E-state index in [-0.39, 0.29) is 0 Å². The Kier molecular flexibility index (Phi) is 5.97. The molecule has 0 aliphatic heterocycles. The third-order valence-corrected chi connectivity index (χ3v) is 5.43. The molecule has 33 heavy (non-hydrogen) atoms. The van der Waals surface area contributed by atoms with Crippen molar-refractivity contribution in [2.24, 2.45) is 0 Å². The fraction of sp³-hybridized carbons (Fsp3) is 0.200. The van der Waals surface area contributed by atoms with Crippen LogP contribution in [-0.2, 0) is 19.4 Å². The fourth-order valence-electron chi connectivity index (χ4n) is 3.86. The first-order chi connectivity index (χ1) is 16.3. The van der Waals surface area contributed by atoms with Crippen LogP contribution in [0.1, 0.15) is 36.1 Å². The molecule has 0 fully saturated rings. The van der Waals surface area contributed by atoms with E-state index < -0.39 is 0 Å². The van der Waals surface area contributed by atoms with E-state index in [1.54, 1.807) is 6.20 Å². The number of nitrogens with zero attached hydrogens (tertiary/aromatic N) is 7. The first kappa shape index (κ1) is 20.7. The predicted octanol–water partition coefficient (Wildman–Crippen LogP) is 4.11. The van der Waals surface area contributed by atoms with E-state index in [0.717, 1.165) is 54.3 Å². The number of tetrazole rings is 1. The number of rotatable bonds is 8. The van der Waals surface area contributed by atoms with Gasteiger partial charge in [0.05, 0.1) is 5.69 Å². The normalized spacial score (nSPS) is 11.1. The van der Waals surface area contributed by atoms with Gasteiger partial charge in [-0.05, 0) is 40.1 Å². The van der Waals surface area contributed by atoms with E-state index in [1.807, 2.05) is 35.0 Å². The van der Waals surface area contributed by atoms with Crippen LogP contribution in [0.25, 0.3) is 22.6 Å². The van der Waals surface area contributed by atoms with Crippen LogP contribution in [0.15, 0.2) is 72.9 Å². The van der Waals surface area contributed by atoms with Crippen LogP contribution in [0.4, 0.5) is 0 Å². The molecule has 2 aromatic carbocycles. The van der Waals surface area contributed by atoms with Gasteiger partial charge in [-0.2, -0.15) is 5.10 Å². The Morgan fingerprint density at radius 2 is 1.70 bits per heavy atom. The lowest BCUT2D eigenvalue weighted by molar-refractivity contribution is 0.572. The Morgan fingerprint density at radius 3 is 2.45 bits per heavy atom. The molecule has 0 bridgehead atoms. The lowest BCUT2D eigenvalue weighted by Crippen LogP contribution is -2.06. The van der Waals surface area contributed by atoms with Crippen molar-refractivity contribution in [1.29, 1.82) is 0 Å². The molecule has 8 nitrogen and oxygen atoms in total. The monoisotopic (exact) mass is 436 g/mol. The summed E-state index contributed by atoms with van der Waals surface area (Å²) >= 11 is 0. The van der Waals surface area contributed by atoms with Gasteiger partial charge in [-0.25, -0.2) is 14.8 Å². The van der Waals surface area contributed by atoms with Gasteiger partial charge < -0.3 is 0 Å². The second kappa shape index (κ2) is 9.52. The van der Waals surface area contributed by atoms with Crippen LogP contribution in [0, 0.1) is 0 Å². The highest BCUT2D eigenvalue weighted by atomic mass is 15.5. The summed E-state index contributed by atoms with van der Waals surface area (Å²) in [5.41, 5.74) is 5.10.